The summed E-state index contributed by atoms with van der Waals surface area (Å²) in [6.07, 6.45) is 2.22. The van der Waals surface area contributed by atoms with Gasteiger partial charge in [-0.2, -0.15) is 0 Å². The summed E-state index contributed by atoms with van der Waals surface area (Å²) in [5.74, 6) is 0.569. The maximum Gasteiger partial charge on any atom is 0.262 e. The molecule has 1 amide bonds. The fraction of sp³-hybridized carbons (Fsp3) is 0.316. The van der Waals surface area contributed by atoms with E-state index in [2.05, 4.69) is 10.0 Å². The van der Waals surface area contributed by atoms with Gasteiger partial charge in [-0.15, -0.1) is 0 Å². The molecule has 2 aromatic rings. The predicted octanol–water partition coefficient (Wildman–Crippen LogP) is 3.68. The number of anilines is 1. The molecule has 1 atom stereocenters. The number of carbonyl (C=O) groups is 1. The Kier molecular flexibility index (Phi) is 5.62. The predicted molar refractivity (Wildman–Crippen MR) is 105 cm³/mol. The molecule has 3 rings (SSSR count). The van der Waals surface area contributed by atoms with Crippen molar-refractivity contribution >= 4 is 33.2 Å². The Morgan fingerprint density at radius 3 is 2.63 bits per heavy atom. The van der Waals surface area contributed by atoms with Gasteiger partial charge >= 0.3 is 0 Å². The lowest BCUT2D eigenvalue weighted by Crippen LogP contribution is -2.34. The van der Waals surface area contributed by atoms with Crippen LogP contribution in [0.5, 0.6) is 5.75 Å². The van der Waals surface area contributed by atoms with Crippen molar-refractivity contribution in [1.82, 2.24) is 5.32 Å². The summed E-state index contributed by atoms with van der Waals surface area (Å²) in [6, 6.07) is 10.6. The standard InChI is InChI=1S/C19H21ClN2O4S/c1-12(13-6-7-13)21-19(23)14-4-3-5-16(10-14)27(24,25)22-17-11-15(20)8-9-18(17)26-2/h3-5,8-13,22H,6-7H2,1-2H3,(H,21,23). The van der Waals surface area contributed by atoms with Gasteiger partial charge in [0.15, 0.2) is 0 Å². The molecule has 1 aliphatic rings. The van der Waals surface area contributed by atoms with E-state index in [0.717, 1.165) is 12.8 Å². The highest BCUT2D eigenvalue weighted by molar-refractivity contribution is 7.92. The normalized spacial score (nSPS) is 15.1. The summed E-state index contributed by atoms with van der Waals surface area (Å²) in [4.78, 5) is 12.4. The molecule has 0 spiro atoms. The van der Waals surface area contributed by atoms with Gasteiger partial charge in [0.25, 0.3) is 15.9 Å². The lowest BCUT2D eigenvalue weighted by atomic mass is 10.1. The molecule has 0 heterocycles. The first-order valence-electron chi connectivity index (χ1n) is 8.57. The Morgan fingerprint density at radius 1 is 1.22 bits per heavy atom. The van der Waals surface area contributed by atoms with Crippen LogP contribution in [0.3, 0.4) is 0 Å². The third kappa shape index (κ3) is 4.73. The zero-order valence-electron chi connectivity index (χ0n) is 15.0. The van der Waals surface area contributed by atoms with Crippen molar-refractivity contribution in [3.63, 3.8) is 0 Å². The number of nitrogens with one attached hydrogen (secondary N) is 2. The Balaban J connectivity index is 1.82. The monoisotopic (exact) mass is 408 g/mol. The molecule has 0 aromatic heterocycles. The van der Waals surface area contributed by atoms with Crippen LogP contribution >= 0.6 is 11.6 Å². The molecule has 2 N–H and O–H groups in total. The fourth-order valence-electron chi connectivity index (χ4n) is 2.77. The molecule has 1 aliphatic carbocycles. The van der Waals surface area contributed by atoms with Gasteiger partial charge in [-0.3, -0.25) is 9.52 Å². The van der Waals surface area contributed by atoms with E-state index >= 15 is 0 Å². The van der Waals surface area contributed by atoms with Crippen LogP contribution in [0.1, 0.15) is 30.1 Å². The van der Waals surface area contributed by atoms with E-state index < -0.39 is 10.0 Å². The van der Waals surface area contributed by atoms with Crippen LogP contribution in [0.25, 0.3) is 0 Å². The average Bonchev–Trinajstić information content (AvgIpc) is 3.47. The van der Waals surface area contributed by atoms with Crippen LogP contribution in [0.15, 0.2) is 47.4 Å². The van der Waals surface area contributed by atoms with Gasteiger partial charge in [0.05, 0.1) is 17.7 Å². The van der Waals surface area contributed by atoms with E-state index in [1.54, 1.807) is 24.3 Å². The number of amides is 1. The maximum absolute atomic E-state index is 12.8. The zero-order valence-corrected chi connectivity index (χ0v) is 16.6. The van der Waals surface area contributed by atoms with Crippen LogP contribution in [0.2, 0.25) is 5.02 Å². The Hall–Kier alpha value is -2.25. The molecule has 2 aromatic carbocycles. The first kappa shape index (κ1) is 19.5. The van der Waals surface area contributed by atoms with Crippen LogP contribution in [-0.2, 0) is 10.0 Å². The molecule has 0 radical (unpaired) electrons. The van der Waals surface area contributed by atoms with Gasteiger partial charge in [-0.25, -0.2) is 8.42 Å². The van der Waals surface area contributed by atoms with Gasteiger partial charge in [0, 0.05) is 16.6 Å². The Morgan fingerprint density at radius 2 is 1.96 bits per heavy atom. The van der Waals surface area contributed by atoms with Crippen molar-refractivity contribution in [1.29, 1.82) is 0 Å². The molecular formula is C19H21ClN2O4S. The van der Waals surface area contributed by atoms with Gasteiger partial charge in [0.1, 0.15) is 5.75 Å². The molecule has 27 heavy (non-hydrogen) atoms. The third-order valence-corrected chi connectivity index (χ3v) is 6.10. The zero-order chi connectivity index (χ0) is 19.6. The first-order valence-corrected chi connectivity index (χ1v) is 10.4. The Bertz CT molecular complexity index is 958. The summed E-state index contributed by atoms with van der Waals surface area (Å²) < 4.78 is 33.1. The van der Waals surface area contributed by atoms with E-state index in [9.17, 15) is 13.2 Å². The highest BCUT2D eigenvalue weighted by Gasteiger charge is 2.29. The van der Waals surface area contributed by atoms with Crippen molar-refractivity contribution in [2.45, 2.75) is 30.7 Å². The minimum absolute atomic E-state index is 0.0174. The summed E-state index contributed by atoms with van der Waals surface area (Å²) >= 11 is 5.95. The molecule has 0 saturated heterocycles. The summed E-state index contributed by atoms with van der Waals surface area (Å²) in [5.41, 5.74) is 0.519. The second kappa shape index (κ2) is 7.78. The lowest BCUT2D eigenvalue weighted by Gasteiger charge is -2.14. The molecular weight excluding hydrogens is 388 g/mol. The molecule has 144 valence electrons. The van der Waals surface area contributed by atoms with Crippen molar-refractivity contribution in [3.8, 4) is 5.75 Å². The first-order chi connectivity index (χ1) is 12.8. The van der Waals surface area contributed by atoms with Gasteiger partial charge in [-0.1, -0.05) is 17.7 Å². The van der Waals surface area contributed by atoms with E-state index in [0.29, 0.717) is 22.3 Å². The molecule has 0 bridgehead atoms. The van der Waals surface area contributed by atoms with Crippen LogP contribution in [0.4, 0.5) is 5.69 Å². The second-order valence-electron chi connectivity index (χ2n) is 6.58. The number of ether oxygens (including phenoxy) is 1. The molecule has 1 unspecified atom stereocenters. The minimum atomic E-state index is -3.92. The minimum Gasteiger partial charge on any atom is -0.495 e. The largest absolute Gasteiger partial charge is 0.495 e. The van der Waals surface area contributed by atoms with Crippen molar-refractivity contribution in [3.05, 3.63) is 53.1 Å². The average molecular weight is 409 g/mol. The molecule has 1 fully saturated rings. The number of carbonyl (C=O) groups excluding carboxylic acids is 1. The molecule has 6 nitrogen and oxygen atoms in total. The SMILES string of the molecule is COc1ccc(Cl)cc1NS(=O)(=O)c1cccc(C(=O)NC(C)C2CC2)c1. The number of sulfonamides is 1. The van der Waals surface area contributed by atoms with Gasteiger partial charge in [-0.05, 0) is 62.1 Å². The fourth-order valence-corrected chi connectivity index (χ4v) is 4.05. The quantitative estimate of drug-likeness (QED) is 0.731. The van der Waals surface area contributed by atoms with E-state index in [1.807, 2.05) is 6.92 Å². The van der Waals surface area contributed by atoms with Crippen molar-refractivity contribution in [2.24, 2.45) is 5.92 Å². The number of halogens is 1. The third-order valence-electron chi connectivity index (χ3n) is 4.50. The Labute approximate surface area is 163 Å². The number of hydrogen-bond acceptors (Lipinski definition) is 4. The molecule has 0 aliphatic heterocycles. The summed E-state index contributed by atoms with van der Waals surface area (Å²) in [6.45, 7) is 1.96. The number of methoxy groups -OCH3 is 1. The van der Waals surface area contributed by atoms with Crippen molar-refractivity contribution in [2.75, 3.05) is 11.8 Å². The van der Waals surface area contributed by atoms with Crippen LogP contribution in [0, 0.1) is 5.92 Å². The highest BCUT2D eigenvalue weighted by atomic mass is 35.5. The molecule has 8 heteroatoms. The van der Waals surface area contributed by atoms with Crippen molar-refractivity contribution < 1.29 is 17.9 Å². The summed E-state index contributed by atoms with van der Waals surface area (Å²) in [7, 11) is -2.48. The van der Waals surface area contributed by atoms with Gasteiger partial charge < -0.3 is 10.1 Å². The number of rotatable bonds is 7. The number of hydrogen-bond donors (Lipinski definition) is 2. The van der Waals surface area contributed by atoms with E-state index in [1.165, 1.54) is 25.3 Å². The van der Waals surface area contributed by atoms with E-state index in [-0.39, 0.29) is 22.5 Å². The van der Waals surface area contributed by atoms with Gasteiger partial charge in [0.2, 0.25) is 0 Å². The van der Waals surface area contributed by atoms with Crippen LogP contribution in [-0.4, -0.2) is 27.5 Å². The smallest absolute Gasteiger partial charge is 0.262 e. The lowest BCUT2D eigenvalue weighted by molar-refractivity contribution is 0.0935. The van der Waals surface area contributed by atoms with Crippen LogP contribution < -0.4 is 14.8 Å². The summed E-state index contributed by atoms with van der Waals surface area (Å²) in [5, 5.41) is 3.29. The topological polar surface area (TPSA) is 84.5 Å². The molecule has 1 saturated carbocycles. The highest BCUT2D eigenvalue weighted by Crippen LogP contribution is 2.32. The second-order valence-corrected chi connectivity index (χ2v) is 8.70. The number of benzene rings is 2. The van der Waals surface area contributed by atoms with E-state index in [4.69, 9.17) is 16.3 Å². The maximum atomic E-state index is 12.8.